The van der Waals surface area contributed by atoms with Crippen molar-refractivity contribution < 1.29 is 22.3 Å². The second-order valence-electron chi connectivity index (χ2n) is 6.87. The van der Waals surface area contributed by atoms with Gasteiger partial charge in [0.2, 0.25) is 0 Å². The number of hydrogen-bond donors (Lipinski definition) is 1. The molecule has 7 heteroatoms. The van der Waals surface area contributed by atoms with Crippen LogP contribution in [0.15, 0.2) is 18.2 Å². The Labute approximate surface area is 145 Å². The monoisotopic (exact) mass is 360 g/mol. The average molecular weight is 360 g/mol. The van der Waals surface area contributed by atoms with Gasteiger partial charge >= 0.3 is 6.36 Å². The van der Waals surface area contributed by atoms with Gasteiger partial charge in [-0.25, -0.2) is 4.39 Å². The highest BCUT2D eigenvalue weighted by atomic mass is 19.4. The molecule has 0 radical (unpaired) electrons. The fourth-order valence-electron chi connectivity index (χ4n) is 4.10. The van der Waals surface area contributed by atoms with Crippen molar-refractivity contribution in [2.24, 2.45) is 5.92 Å². The minimum atomic E-state index is -4.89. The lowest BCUT2D eigenvalue weighted by Gasteiger charge is -2.41. The van der Waals surface area contributed by atoms with Crippen LogP contribution in [0.5, 0.6) is 5.75 Å². The lowest BCUT2D eigenvalue weighted by Crippen LogP contribution is -2.47. The quantitative estimate of drug-likeness (QED) is 0.813. The van der Waals surface area contributed by atoms with Crippen LogP contribution in [-0.2, 0) is 0 Å². The second kappa shape index (κ2) is 7.91. The summed E-state index contributed by atoms with van der Waals surface area (Å²) in [5.41, 5.74) is 0.751. The first kappa shape index (κ1) is 18.5. The van der Waals surface area contributed by atoms with Gasteiger partial charge in [0, 0.05) is 32.2 Å². The second-order valence-corrected chi connectivity index (χ2v) is 6.87. The van der Waals surface area contributed by atoms with Crippen molar-refractivity contribution in [3.63, 3.8) is 0 Å². The van der Waals surface area contributed by atoms with Crippen molar-refractivity contribution in [2.45, 2.75) is 44.5 Å². The van der Waals surface area contributed by atoms with Gasteiger partial charge in [0.25, 0.3) is 0 Å². The van der Waals surface area contributed by atoms with E-state index in [0.29, 0.717) is 5.92 Å². The Bertz CT molecular complexity index is 549. The lowest BCUT2D eigenvalue weighted by atomic mass is 9.80. The van der Waals surface area contributed by atoms with Crippen LogP contribution in [0.25, 0.3) is 0 Å². The number of rotatable bonds is 4. The van der Waals surface area contributed by atoms with Crippen LogP contribution in [-0.4, -0.2) is 37.4 Å². The molecule has 2 fully saturated rings. The van der Waals surface area contributed by atoms with Gasteiger partial charge < -0.3 is 10.1 Å². The molecule has 1 aromatic carbocycles. The third-order valence-electron chi connectivity index (χ3n) is 5.16. The Morgan fingerprint density at radius 2 is 1.76 bits per heavy atom. The van der Waals surface area contributed by atoms with Gasteiger partial charge in [0.1, 0.15) is 0 Å². The van der Waals surface area contributed by atoms with Crippen LogP contribution in [0.4, 0.5) is 17.6 Å². The smallest absolute Gasteiger partial charge is 0.403 e. The fourth-order valence-corrected chi connectivity index (χ4v) is 4.10. The number of nitrogens with zero attached hydrogens (tertiary/aromatic N) is 1. The van der Waals surface area contributed by atoms with Gasteiger partial charge in [-0.15, -0.1) is 13.2 Å². The molecule has 0 aromatic heterocycles. The first-order chi connectivity index (χ1) is 11.9. The van der Waals surface area contributed by atoms with E-state index in [1.165, 1.54) is 12.5 Å². The molecule has 1 heterocycles. The Morgan fingerprint density at radius 1 is 1.08 bits per heavy atom. The Kier molecular flexibility index (Phi) is 5.84. The summed E-state index contributed by atoms with van der Waals surface area (Å²) in [7, 11) is 0. The van der Waals surface area contributed by atoms with Crippen LogP contribution in [0.2, 0.25) is 0 Å². The van der Waals surface area contributed by atoms with Gasteiger partial charge in [0.05, 0.1) is 0 Å². The molecule has 1 N–H and O–H groups in total. The first-order valence-corrected chi connectivity index (χ1v) is 8.94. The summed E-state index contributed by atoms with van der Waals surface area (Å²) in [5, 5.41) is 3.31. The molecule has 3 nitrogen and oxygen atoms in total. The maximum atomic E-state index is 14.2. The first-order valence-electron chi connectivity index (χ1n) is 8.94. The summed E-state index contributed by atoms with van der Waals surface area (Å²) in [5.74, 6) is -1.30. The molecule has 0 amide bonds. The summed E-state index contributed by atoms with van der Waals surface area (Å²) in [4.78, 5) is 2.34. The largest absolute Gasteiger partial charge is 0.573 e. The molecular weight excluding hydrogens is 336 g/mol. The molecule has 0 bridgehead atoms. The third-order valence-corrected chi connectivity index (χ3v) is 5.16. The van der Waals surface area contributed by atoms with E-state index >= 15 is 0 Å². The van der Waals surface area contributed by atoms with Crippen molar-refractivity contribution in [2.75, 3.05) is 26.2 Å². The van der Waals surface area contributed by atoms with E-state index in [1.54, 1.807) is 6.07 Å². The zero-order chi connectivity index (χ0) is 17.9. The van der Waals surface area contributed by atoms with Gasteiger partial charge in [-0.1, -0.05) is 25.3 Å². The van der Waals surface area contributed by atoms with Crippen molar-refractivity contribution in [3.8, 4) is 5.75 Å². The highest BCUT2D eigenvalue weighted by Crippen LogP contribution is 2.39. The maximum absolute atomic E-state index is 14.2. The normalized spacial score (nSPS) is 21.9. The molecule has 1 saturated carbocycles. The van der Waals surface area contributed by atoms with E-state index in [1.807, 2.05) is 0 Å². The van der Waals surface area contributed by atoms with Crippen LogP contribution in [0, 0.1) is 11.7 Å². The van der Waals surface area contributed by atoms with Crippen LogP contribution in [0.3, 0.4) is 0 Å². The van der Waals surface area contributed by atoms with Gasteiger partial charge in [-0.3, -0.25) is 4.90 Å². The molecule has 25 heavy (non-hydrogen) atoms. The molecular formula is C18H24F4N2O. The minimum Gasteiger partial charge on any atom is -0.403 e. The van der Waals surface area contributed by atoms with Crippen molar-refractivity contribution in [1.82, 2.24) is 10.2 Å². The zero-order valence-electron chi connectivity index (χ0n) is 14.1. The number of halogens is 4. The standard InChI is InChI=1S/C18H24F4N2O/c19-15-12-14(6-7-16(15)25-18(20,21)22)17(13-4-2-1-3-5-13)24-10-8-23-9-11-24/h6-7,12-13,17,23H,1-5,8-11H2/t17-/m0/s1. The van der Waals surface area contributed by atoms with Crippen molar-refractivity contribution in [3.05, 3.63) is 29.6 Å². The number of nitrogens with one attached hydrogen (secondary N) is 1. The fraction of sp³-hybridized carbons (Fsp3) is 0.667. The molecule has 3 rings (SSSR count). The molecule has 1 atom stereocenters. The molecule has 0 spiro atoms. The molecule has 1 saturated heterocycles. The summed E-state index contributed by atoms with van der Waals surface area (Å²) in [6, 6.07) is 3.97. The summed E-state index contributed by atoms with van der Waals surface area (Å²) >= 11 is 0. The molecule has 140 valence electrons. The summed E-state index contributed by atoms with van der Waals surface area (Å²) in [6.07, 6.45) is 0.811. The van der Waals surface area contributed by atoms with Gasteiger partial charge in [-0.05, 0) is 36.5 Å². The van der Waals surface area contributed by atoms with E-state index in [4.69, 9.17) is 0 Å². The van der Waals surface area contributed by atoms with Crippen LogP contribution in [0.1, 0.15) is 43.7 Å². The molecule has 1 aliphatic carbocycles. The molecule has 1 aliphatic heterocycles. The Balaban J connectivity index is 1.85. The third kappa shape index (κ3) is 4.85. The maximum Gasteiger partial charge on any atom is 0.573 e. The average Bonchev–Trinajstić information content (AvgIpc) is 2.58. The van der Waals surface area contributed by atoms with Crippen LogP contribution < -0.4 is 10.1 Å². The number of benzene rings is 1. The lowest BCUT2D eigenvalue weighted by molar-refractivity contribution is -0.275. The number of hydrogen-bond acceptors (Lipinski definition) is 3. The van der Waals surface area contributed by atoms with Crippen molar-refractivity contribution in [1.29, 1.82) is 0 Å². The SMILES string of the molecule is Fc1cc([C@H](C2CCCCC2)N2CCNCC2)ccc1OC(F)(F)F. The summed E-state index contributed by atoms with van der Waals surface area (Å²) < 4.78 is 55.1. The van der Waals surface area contributed by atoms with Gasteiger partial charge in [-0.2, -0.15) is 0 Å². The highest BCUT2D eigenvalue weighted by molar-refractivity contribution is 5.32. The number of alkyl halides is 3. The predicted octanol–water partition coefficient (Wildman–Crippen LogP) is 4.25. The molecule has 2 aliphatic rings. The highest BCUT2D eigenvalue weighted by Gasteiger charge is 2.34. The van der Waals surface area contributed by atoms with E-state index < -0.39 is 17.9 Å². The van der Waals surface area contributed by atoms with E-state index in [-0.39, 0.29) is 6.04 Å². The number of ether oxygens (including phenoxy) is 1. The van der Waals surface area contributed by atoms with Crippen molar-refractivity contribution >= 4 is 0 Å². The minimum absolute atomic E-state index is 0.0526. The topological polar surface area (TPSA) is 24.5 Å². The van der Waals surface area contributed by atoms with E-state index in [2.05, 4.69) is 15.0 Å². The predicted molar refractivity (Wildman–Crippen MR) is 86.8 cm³/mol. The van der Waals surface area contributed by atoms with E-state index in [0.717, 1.165) is 63.5 Å². The molecule has 0 unspecified atom stereocenters. The molecule has 1 aromatic rings. The zero-order valence-corrected chi connectivity index (χ0v) is 14.1. The Hall–Kier alpha value is -1.34. The van der Waals surface area contributed by atoms with Crippen LogP contribution >= 0.6 is 0 Å². The summed E-state index contributed by atoms with van der Waals surface area (Å²) in [6.45, 7) is 3.48. The number of piperazine rings is 1. The Morgan fingerprint density at radius 3 is 2.36 bits per heavy atom. The van der Waals surface area contributed by atoms with E-state index in [9.17, 15) is 17.6 Å². The van der Waals surface area contributed by atoms with Gasteiger partial charge in [0.15, 0.2) is 11.6 Å².